The smallest absolute Gasteiger partial charge is 0.358 e. The normalized spacial score (nSPS) is 10.6. The summed E-state index contributed by atoms with van der Waals surface area (Å²) >= 11 is 6.00. The molecule has 4 nitrogen and oxygen atoms in total. The molecule has 0 aliphatic heterocycles. The first-order valence-corrected chi connectivity index (χ1v) is 6.69. The molecule has 5 heteroatoms. The summed E-state index contributed by atoms with van der Waals surface area (Å²) in [5.41, 5.74) is 1.63. The molecule has 0 bridgehead atoms. The van der Waals surface area contributed by atoms with Crippen molar-refractivity contribution in [2.24, 2.45) is 0 Å². The Morgan fingerprint density at radius 3 is 2.75 bits per heavy atom. The second-order valence-corrected chi connectivity index (χ2v) is 5.03. The van der Waals surface area contributed by atoms with Gasteiger partial charge in [-0.3, -0.25) is 4.98 Å². The van der Waals surface area contributed by atoms with Crippen LogP contribution in [0.1, 0.15) is 41.6 Å². The Labute approximate surface area is 122 Å². The third-order valence-electron chi connectivity index (χ3n) is 2.73. The van der Waals surface area contributed by atoms with Crippen molar-refractivity contribution < 1.29 is 9.53 Å². The summed E-state index contributed by atoms with van der Waals surface area (Å²) in [7, 11) is 0. The summed E-state index contributed by atoms with van der Waals surface area (Å²) in [5, 5.41) is 0.292. The number of hydrogen-bond acceptors (Lipinski definition) is 4. The Morgan fingerprint density at radius 1 is 1.30 bits per heavy atom. The van der Waals surface area contributed by atoms with Gasteiger partial charge in [0.05, 0.1) is 10.7 Å². The second-order valence-electron chi connectivity index (χ2n) is 4.62. The van der Waals surface area contributed by atoms with Crippen LogP contribution >= 0.6 is 11.6 Å². The number of carbonyl (C=O) groups excluding carboxylic acids is 1. The standard InChI is InChI=1S/C15H15ClN2O2/c1-10(2)13-7-6-12(16)14(18-13)15(19)20-9-11-5-3-4-8-17-11/h3-8,10H,9H2,1-2H3. The van der Waals surface area contributed by atoms with E-state index >= 15 is 0 Å². The number of nitrogens with zero attached hydrogens (tertiary/aromatic N) is 2. The van der Waals surface area contributed by atoms with Gasteiger partial charge in [0.15, 0.2) is 5.69 Å². The van der Waals surface area contributed by atoms with Crippen molar-refractivity contribution in [1.29, 1.82) is 0 Å². The molecular weight excluding hydrogens is 276 g/mol. The summed E-state index contributed by atoms with van der Waals surface area (Å²) in [6.07, 6.45) is 1.65. The van der Waals surface area contributed by atoms with Gasteiger partial charge in [-0.05, 0) is 30.2 Å². The lowest BCUT2D eigenvalue weighted by Crippen LogP contribution is -2.10. The molecule has 2 rings (SSSR count). The van der Waals surface area contributed by atoms with Crippen molar-refractivity contribution in [3.05, 3.63) is 58.6 Å². The van der Waals surface area contributed by atoms with Gasteiger partial charge in [0.25, 0.3) is 0 Å². The van der Waals surface area contributed by atoms with E-state index in [1.54, 1.807) is 24.4 Å². The van der Waals surface area contributed by atoms with Crippen LogP contribution in [-0.4, -0.2) is 15.9 Å². The number of rotatable bonds is 4. The largest absolute Gasteiger partial charge is 0.454 e. The minimum absolute atomic E-state index is 0.101. The van der Waals surface area contributed by atoms with Gasteiger partial charge in [0.1, 0.15) is 6.61 Å². The molecular formula is C15H15ClN2O2. The van der Waals surface area contributed by atoms with E-state index in [4.69, 9.17) is 16.3 Å². The monoisotopic (exact) mass is 290 g/mol. The van der Waals surface area contributed by atoms with Crippen LogP contribution in [0.25, 0.3) is 0 Å². The predicted molar refractivity (Wildman–Crippen MR) is 76.7 cm³/mol. The van der Waals surface area contributed by atoms with Crippen molar-refractivity contribution in [3.8, 4) is 0 Å². The lowest BCUT2D eigenvalue weighted by atomic mass is 10.1. The highest BCUT2D eigenvalue weighted by atomic mass is 35.5. The van der Waals surface area contributed by atoms with Crippen LogP contribution in [0.3, 0.4) is 0 Å². The Hall–Kier alpha value is -1.94. The quantitative estimate of drug-likeness (QED) is 0.807. The number of halogens is 1. The molecule has 20 heavy (non-hydrogen) atoms. The van der Waals surface area contributed by atoms with Gasteiger partial charge in [0, 0.05) is 11.9 Å². The molecule has 0 N–H and O–H groups in total. The van der Waals surface area contributed by atoms with Crippen LogP contribution < -0.4 is 0 Å². The predicted octanol–water partition coefficient (Wildman–Crippen LogP) is 3.61. The molecule has 2 heterocycles. The zero-order valence-corrected chi connectivity index (χ0v) is 12.1. The summed E-state index contributed by atoms with van der Waals surface area (Å²) < 4.78 is 5.18. The Morgan fingerprint density at radius 2 is 2.10 bits per heavy atom. The molecule has 0 aliphatic rings. The first-order valence-electron chi connectivity index (χ1n) is 6.31. The van der Waals surface area contributed by atoms with Crippen LogP contribution in [0.5, 0.6) is 0 Å². The molecule has 0 aliphatic carbocycles. The fraction of sp³-hybridized carbons (Fsp3) is 0.267. The number of carbonyl (C=O) groups is 1. The van der Waals surface area contributed by atoms with Crippen LogP contribution in [0.15, 0.2) is 36.5 Å². The van der Waals surface area contributed by atoms with Crippen molar-refractivity contribution in [3.63, 3.8) is 0 Å². The molecule has 2 aromatic rings. The van der Waals surface area contributed by atoms with E-state index in [1.807, 2.05) is 26.0 Å². The number of pyridine rings is 2. The highest BCUT2D eigenvalue weighted by Gasteiger charge is 2.16. The first-order chi connectivity index (χ1) is 9.58. The molecule has 0 unspecified atom stereocenters. The SMILES string of the molecule is CC(C)c1ccc(Cl)c(C(=O)OCc2ccccn2)n1. The number of hydrogen-bond donors (Lipinski definition) is 0. The van der Waals surface area contributed by atoms with Gasteiger partial charge in [-0.25, -0.2) is 9.78 Å². The molecule has 0 spiro atoms. The van der Waals surface area contributed by atoms with Gasteiger partial charge in [-0.15, -0.1) is 0 Å². The maximum absolute atomic E-state index is 12.0. The van der Waals surface area contributed by atoms with Gasteiger partial charge < -0.3 is 4.74 Å². The Bertz CT molecular complexity index is 600. The van der Waals surface area contributed by atoms with Crippen molar-refractivity contribution in [1.82, 2.24) is 9.97 Å². The third kappa shape index (κ3) is 3.54. The van der Waals surface area contributed by atoms with E-state index in [0.29, 0.717) is 10.7 Å². The molecule has 0 saturated carbocycles. The summed E-state index contributed by atoms with van der Waals surface area (Å²) in [6, 6.07) is 8.90. The van der Waals surface area contributed by atoms with Crippen molar-refractivity contribution in [2.75, 3.05) is 0 Å². The fourth-order valence-electron chi connectivity index (χ4n) is 1.61. The first kappa shape index (κ1) is 14.5. The Kier molecular flexibility index (Phi) is 4.69. The summed E-state index contributed by atoms with van der Waals surface area (Å²) in [6.45, 7) is 4.10. The van der Waals surface area contributed by atoms with E-state index in [-0.39, 0.29) is 18.2 Å². The van der Waals surface area contributed by atoms with Crippen LogP contribution in [0.4, 0.5) is 0 Å². The highest BCUT2D eigenvalue weighted by molar-refractivity contribution is 6.33. The van der Waals surface area contributed by atoms with E-state index in [2.05, 4.69) is 9.97 Å². The van der Waals surface area contributed by atoms with E-state index in [0.717, 1.165) is 5.69 Å². The molecule has 0 atom stereocenters. The van der Waals surface area contributed by atoms with Crippen molar-refractivity contribution in [2.45, 2.75) is 26.4 Å². The minimum atomic E-state index is -0.539. The third-order valence-corrected chi connectivity index (χ3v) is 3.03. The van der Waals surface area contributed by atoms with Crippen LogP contribution in [-0.2, 0) is 11.3 Å². The Balaban J connectivity index is 2.11. The van der Waals surface area contributed by atoms with Gasteiger partial charge in [-0.2, -0.15) is 0 Å². The molecule has 0 aromatic carbocycles. The lowest BCUT2D eigenvalue weighted by Gasteiger charge is -2.09. The lowest BCUT2D eigenvalue weighted by molar-refractivity contribution is 0.0460. The number of esters is 1. The zero-order valence-electron chi connectivity index (χ0n) is 11.3. The van der Waals surface area contributed by atoms with Crippen LogP contribution in [0, 0.1) is 0 Å². The molecule has 0 saturated heterocycles. The number of ether oxygens (including phenoxy) is 1. The maximum Gasteiger partial charge on any atom is 0.358 e. The maximum atomic E-state index is 12.0. The van der Waals surface area contributed by atoms with Crippen molar-refractivity contribution >= 4 is 17.6 Å². The van der Waals surface area contributed by atoms with Crippen LogP contribution in [0.2, 0.25) is 5.02 Å². The molecule has 0 amide bonds. The highest BCUT2D eigenvalue weighted by Crippen LogP contribution is 2.19. The van der Waals surface area contributed by atoms with E-state index in [1.165, 1.54) is 0 Å². The topological polar surface area (TPSA) is 52.1 Å². The van der Waals surface area contributed by atoms with Gasteiger partial charge >= 0.3 is 5.97 Å². The summed E-state index contributed by atoms with van der Waals surface area (Å²) in [4.78, 5) is 20.4. The number of aromatic nitrogens is 2. The molecule has 2 aromatic heterocycles. The average molecular weight is 291 g/mol. The molecule has 104 valence electrons. The molecule has 0 fully saturated rings. The zero-order chi connectivity index (χ0) is 14.5. The van der Waals surface area contributed by atoms with E-state index < -0.39 is 5.97 Å². The van der Waals surface area contributed by atoms with Gasteiger partial charge in [0.2, 0.25) is 0 Å². The summed E-state index contributed by atoms with van der Waals surface area (Å²) in [5.74, 6) is -0.322. The fourth-order valence-corrected chi connectivity index (χ4v) is 1.80. The molecule has 0 radical (unpaired) electrons. The average Bonchev–Trinajstić information content (AvgIpc) is 2.46. The second kappa shape index (κ2) is 6.48. The van der Waals surface area contributed by atoms with Gasteiger partial charge in [-0.1, -0.05) is 31.5 Å². The minimum Gasteiger partial charge on any atom is -0.454 e. The van der Waals surface area contributed by atoms with E-state index in [9.17, 15) is 4.79 Å².